The van der Waals surface area contributed by atoms with Gasteiger partial charge in [0.15, 0.2) is 0 Å². The van der Waals surface area contributed by atoms with Crippen molar-refractivity contribution < 1.29 is 19.5 Å². The first-order valence-corrected chi connectivity index (χ1v) is 8.80. The molecule has 2 atom stereocenters. The summed E-state index contributed by atoms with van der Waals surface area (Å²) in [6, 6.07) is 0.493. The topological polar surface area (TPSA) is 77.9 Å². The van der Waals surface area contributed by atoms with E-state index in [1.165, 1.54) is 0 Å². The Labute approximate surface area is 136 Å². The summed E-state index contributed by atoms with van der Waals surface area (Å²) in [4.78, 5) is 39.9. The predicted molar refractivity (Wildman–Crippen MR) is 83.6 cm³/mol. The van der Waals surface area contributed by atoms with Gasteiger partial charge in [-0.1, -0.05) is 19.8 Å². The molecular weight excluding hydrogens is 296 g/mol. The maximum atomic E-state index is 12.8. The molecule has 1 heterocycles. The second-order valence-corrected chi connectivity index (χ2v) is 7.35. The highest BCUT2D eigenvalue weighted by Gasteiger charge is 2.43. The van der Waals surface area contributed by atoms with E-state index in [1.54, 1.807) is 11.8 Å². The van der Waals surface area contributed by atoms with Gasteiger partial charge in [0.25, 0.3) is 0 Å². The van der Waals surface area contributed by atoms with Gasteiger partial charge in [0.05, 0.1) is 11.8 Å². The van der Waals surface area contributed by atoms with Crippen molar-refractivity contribution in [3.8, 4) is 0 Å². The molecule has 2 aliphatic carbocycles. The summed E-state index contributed by atoms with van der Waals surface area (Å²) in [7, 11) is 0. The predicted octanol–water partition coefficient (Wildman–Crippen LogP) is 1.49. The highest BCUT2D eigenvalue weighted by molar-refractivity contribution is 5.90. The normalized spacial score (nSPS) is 26.6. The number of hydrogen-bond acceptors (Lipinski definition) is 3. The van der Waals surface area contributed by atoms with Gasteiger partial charge in [-0.05, 0) is 25.7 Å². The van der Waals surface area contributed by atoms with Crippen LogP contribution in [0.4, 0.5) is 0 Å². The molecule has 3 fully saturated rings. The molecule has 2 saturated carbocycles. The number of carboxylic acid groups (broad SMARTS) is 1. The van der Waals surface area contributed by atoms with Crippen LogP contribution < -0.4 is 0 Å². The Bertz CT molecular complexity index is 497. The molecule has 0 unspecified atom stereocenters. The lowest BCUT2D eigenvalue weighted by atomic mass is 10.1. The smallest absolute Gasteiger partial charge is 0.308 e. The number of carboxylic acids is 1. The third kappa shape index (κ3) is 3.51. The maximum Gasteiger partial charge on any atom is 0.308 e. The zero-order valence-corrected chi connectivity index (χ0v) is 13.7. The highest BCUT2D eigenvalue weighted by atomic mass is 16.4. The Morgan fingerprint density at radius 3 is 2.48 bits per heavy atom. The van der Waals surface area contributed by atoms with E-state index in [1.807, 2.05) is 4.90 Å². The first kappa shape index (κ1) is 16.3. The molecule has 2 amide bonds. The van der Waals surface area contributed by atoms with Crippen LogP contribution in [0.15, 0.2) is 0 Å². The largest absolute Gasteiger partial charge is 0.481 e. The van der Waals surface area contributed by atoms with Crippen molar-refractivity contribution in [3.63, 3.8) is 0 Å². The molecule has 1 N–H and O–H groups in total. The lowest BCUT2D eigenvalue weighted by molar-refractivity contribution is -0.144. The molecule has 0 radical (unpaired) electrons. The molecule has 1 aliphatic heterocycles. The summed E-state index contributed by atoms with van der Waals surface area (Å²) in [5.74, 6) is -1.66. The average Bonchev–Trinajstić information content (AvgIpc) is 3.06. The molecule has 3 rings (SSSR count). The van der Waals surface area contributed by atoms with Crippen LogP contribution in [-0.2, 0) is 14.4 Å². The SMILES string of the molecule is C[C@H](CN(C(=O)[C@@H]1CC(=O)N(C2CCCC2)C1)C1CC1)C(=O)O. The van der Waals surface area contributed by atoms with Gasteiger partial charge in [-0.25, -0.2) is 0 Å². The van der Waals surface area contributed by atoms with Crippen molar-refractivity contribution in [2.24, 2.45) is 11.8 Å². The molecule has 0 aromatic rings. The summed E-state index contributed by atoms with van der Waals surface area (Å²) >= 11 is 0. The van der Waals surface area contributed by atoms with Gasteiger partial charge < -0.3 is 14.9 Å². The van der Waals surface area contributed by atoms with Gasteiger partial charge in [0, 0.05) is 31.6 Å². The number of aliphatic carboxylic acids is 1. The van der Waals surface area contributed by atoms with Crippen molar-refractivity contribution in [1.82, 2.24) is 9.80 Å². The summed E-state index contributed by atoms with van der Waals surface area (Å²) in [5, 5.41) is 9.11. The summed E-state index contributed by atoms with van der Waals surface area (Å²) in [6.07, 6.45) is 6.62. The molecule has 0 aromatic carbocycles. The molecular formula is C17H26N2O4. The number of nitrogens with zero attached hydrogens (tertiary/aromatic N) is 2. The second-order valence-electron chi connectivity index (χ2n) is 7.35. The molecule has 23 heavy (non-hydrogen) atoms. The fourth-order valence-corrected chi connectivity index (χ4v) is 3.88. The molecule has 0 aromatic heterocycles. The van der Waals surface area contributed by atoms with Crippen LogP contribution in [0.2, 0.25) is 0 Å². The van der Waals surface area contributed by atoms with Crippen LogP contribution in [0.25, 0.3) is 0 Å². The van der Waals surface area contributed by atoms with Crippen molar-refractivity contribution >= 4 is 17.8 Å². The third-order valence-electron chi connectivity index (χ3n) is 5.44. The fourth-order valence-electron chi connectivity index (χ4n) is 3.88. The Kier molecular flexibility index (Phi) is 4.60. The minimum Gasteiger partial charge on any atom is -0.481 e. The summed E-state index contributed by atoms with van der Waals surface area (Å²) in [6.45, 7) is 2.41. The molecule has 0 bridgehead atoms. The van der Waals surface area contributed by atoms with E-state index in [9.17, 15) is 14.4 Å². The van der Waals surface area contributed by atoms with Crippen LogP contribution in [0, 0.1) is 11.8 Å². The minimum absolute atomic E-state index is 0.0190. The van der Waals surface area contributed by atoms with Crippen molar-refractivity contribution in [3.05, 3.63) is 0 Å². The van der Waals surface area contributed by atoms with Crippen molar-refractivity contribution in [2.45, 2.75) is 64.0 Å². The summed E-state index contributed by atoms with van der Waals surface area (Å²) < 4.78 is 0. The van der Waals surface area contributed by atoms with Gasteiger partial charge in [-0.15, -0.1) is 0 Å². The number of likely N-dealkylation sites (tertiary alicyclic amines) is 1. The van der Waals surface area contributed by atoms with Gasteiger partial charge >= 0.3 is 5.97 Å². The lowest BCUT2D eigenvalue weighted by Gasteiger charge is -2.28. The van der Waals surface area contributed by atoms with Crippen LogP contribution in [0.1, 0.15) is 51.9 Å². The zero-order chi connectivity index (χ0) is 16.6. The standard InChI is InChI=1S/C17H26N2O4/c1-11(17(22)23)9-19(14-6-7-14)16(21)12-8-15(20)18(10-12)13-4-2-3-5-13/h11-14H,2-10H2,1H3,(H,22,23)/t11-,12-/m1/s1. The van der Waals surface area contributed by atoms with E-state index in [4.69, 9.17) is 5.11 Å². The van der Waals surface area contributed by atoms with Gasteiger partial charge in [0.1, 0.15) is 0 Å². The molecule has 6 nitrogen and oxygen atoms in total. The fraction of sp³-hybridized carbons (Fsp3) is 0.824. The quantitative estimate of drug-likeness (QED) is 0.803. The van der Waals surface area contributed by atoms with Crippen LogP contribution >= 0.6 is 0 Å². The lowest BCUT2D eigenvalue weighted by Crippen LogP contribution is -2.43. The first-order chi connectivity index (χ1) is 11.0. The Balaban J connectivity index is 1.64. The van der Waals surface area contributed by atoms with E-state index >= 15 is 0 Å². The maximum absolute atomic E-state index is 12.8. The number of amides is 2. The number of carbonyl (C=O) groups is 3. The van der Waals surface area contributed by atoms with Crippen LogP contribution in [-0.4, -0.2) is 57.9 Å². The monoisotopic (exact) mass is 322 g/mol. The molecule has 3 aliphatic rings. The molecule has 1 saturated heterocycles. The number of hydrogen-bond donors (Lipinski definition) is 1. The minimum atomic E-state index is -0.876. The first-order valence-electron chi connectivity index (χ1n) is 8.80. The average molecular weight is 322 g/mol. The Morgan fingerprint density at radius 1 is 1.26 bits per heavy atom. The molecule has 0 spiro atoms. The van der Waals surface area contributed by atoms with Crippen LogP contribution in [0.5, 0.6) is 0 Å². The van der Waals surface area contributed by atoms with E-state index in [0.29, 0.717) is 19.0 Å². The second kappa shape index (κ2) is 6.49. The Morgan fingerprint density at radius 2 is 1.91 bits per heavy atom. The van der Waals surface area contributed by atoms with Crippen molar-refractivity contribution in [2.75, 3.05) is 13.1 Å². The molecule has 128 valence electrons. The molecule has 6 heteroatoms. The van der Waals surface area contributed by atoms with E-state index in [-0.39, 0.29) is 30.3 Å². The number of rotatable bonds is 6. The third-order valence-corrected chi connectivity index (χ3v) is 5.44. The van der Waals surface area contributed by atoms with Crippen LogP contribution in [0.3, 0.4) is 0 Å². The van der Waals surface area contributed by atoms with E-state index < -0.39 is 11.9 Å². The Hall–Kier alpha value is -1.59. The van der Waals surface area contributed by atoms with E-state index in [2.05, 4.69) is 0 Å². The van der Waals surface area contributed by atoms with Gasteiger partial charge in [-0.2, -0.15) is 0 Å². The van der Waals surface area contributed by atoms with Gasteiger partial charge in [0.2, 0.25) is 11.8 Å². The number of carbonyl (C=O) groups excluding carboxylic acids is 2. The van der Waals surface area contributed by atoms with Crippen molar-refractivity contribution in [1.29, 1.82) is 0 Å². The zero-order valence-electron chi connectivity index (χ0n) is 13.7. The van der Waals surface area contributed by atoms with Gasteiger partial charge in [-0.3, -0.25) is 14.4 Å². The van der Waals surface area contributed by atoms with E-state index in [0.717, 1.165) is 38.5 Å². The highest BCUT2D eigenvalue weighted by Crippen LogP contribution is 2.33. The summed E-state index contributed by atoms with van der Waals surface area (Å²) in [5.41, 5.74) is 0.